The van der Waals surface area contributed by atoms with Crippen molar-refractivity contribution >= 4 is 76.4 Å². The van der Waals surface area contributed by atoms with Gasteiger partial charge in [0.15, 0.2) is 5.82 Å². The molecule has 0 spiro atoms. The highest BCUT2D eigenvalue weighted by Crippen LogP contribution is 2.34. The summed E-state index contributed by atoms with van der Waals surface area (Å²) >= 11 is 0. The van der Waals surface area contributed by atoms with Crippen LogP contribution in [0.4, 0.5) is 17.2 Å². The smallest absolute Gasteiger partial charge is 0.309 e. The predicted molar refractivity (Wildman–Crippen MR) is 296 cm³/mol. The third-order valence-electron chi connectivity index (χ3n) is 13.9. The molecule has 6 amide bonds. The first-order valence-electron chi connectivity index (χ1n) is 27.2. The van der Waals surface area contributed by atoms with Gasteiger partial charge in [0.25, 0.3) is 29.5 Å². The molecule has 7 rings (SSSR count). The fourth-order valence-corrected chi connectivity index (χ4v) is 9.35. The van der Waals surface area contributed by atoms with Crippen LogP contribution < -0.4 is 20.7 Å². The lowest BCUT2D eigenvalue weighted by atomic mass is 9.90. The molecular formula is C58H71N9O13. The van der Waals surface area contributed by atoms with Crippen molar-refractivity contribution in [2.45, 2.75) is 91.0 Å². The van der Waals surface area contributed by atoms with E-state index in [1.807, 2.05) is 56.3 Å². The highest BCUT2D eigenvalue weighted by molar-refractivity contribution is 6.13. The van der Waals surface area contributed by atoms with E-state index < -0.39 is 29.6 Å². The van der Waals surface area contributed by atoms with E-state index in [0.717, 1.165) is 41.0 Å². The fourth-order valence-electron chi connectivity index (χ4n) is 9.35. The molecule has 0 radical (unpaired) electrons. The number of rotatable bonds is 31. The third-order valence-corrected chi connectivity index (χ3v) is 13.9. The van der Waals surface area contributed by atoms with Gasteiger partial charge in [-0.25, -0.2) is 4.98 Å². The maximum Gasteiger partial charge on any atom is 0.309 e. The Balaban J connectivity index is 0.745. The Morgan fingerprint density at radius 1 is 0.750 bits per heavy atom. The quantitative estimate of drug-likeness (QED) is 0.0293. The molecule has 22 nitrogen and oxygen atoms in total. The molecule has 3 aliphatic rings. The normalized spacial score (nSPS) is 15.0. The van der Waals surface area contributed by atoms with Crippen LogP contribution in [-0.4, -0.2) is 148 Å². The molecule has 1 saturated heterocycles. The molecule has 4 aromatic rings. The summed E-state index contributed by atoms with van der Waals surface area (Å²) in [7, 11) is 3.41. The molecule has 22 heteroatoms. The van der Waals surface area contributed by atoms with Crippen molar-refractivity contribution in [3.8, 4) is 16.9 Å². The van der Waals surface area contributed by atoms with Crippen molar-refractivity contribution in [3.05, 3.63) is 89.7 Å². The summed E-state index contributed by atoms with van der Waals surface area (Å²) in [6, 6.07) is 12.5. The zero-order valence-corrected chi connectivity index (χ0v) is 46.1. The number of amides is 6. The number of aryl methyl sites for hydroxylation is 3. The Labute approximate surface area is 464 Å². The van der Waals surface area contributed by atoms with Gasteiger partial charge in [-0.15, -0.1) is 0 Å². The second kappa shape index (κ2) is 28.7. The highest BCUT2D eigenvalue weighted by atomic mass is 16.5. The largest absolute Gasteiger partial charge is 0.493 e. The summed E-state index contributed by atoms with van der Waals surface area (Å²) < 4.78 is 25.8. The van der Waals surface area contributed by atoms with Gasteiger partial charge in [-0.3, -0.25) is 53.0 Å². The molecule has 80 heavy (non-hydrogen) atoms. The monoisotopic (exact) mass is 1100 g/mol. The maximum atomic E-state index is 13.3. The lowest BCUT2D eigenvalue weighted by Crippen LogP contribution is -2.35. The fraction of sp³-hybridized carbons (Fsp3) is 0.466. The first-order valence-corrected chi connectivity index (χ1v) is 27.2. The third kappa shape index (κ3) is 16.5. The number of hydrogen-bond donors (Lipinski definition) is 3. The maximum absolute atomic E-state index is 13.3. The van der Waals surface area contributed by atoms with Gasteiger partial charge < -0.3 is 48.9 Å². The molecule has 3 aliphatic heterocycles. The van der Waals surface area contributed by atoms with Crippen LogP contribution in [0.5, 0.6) is 5.75 Å². The topological polar surface area (TPSA) is 268 Å². The van der Waals surface area contributed by atoms with Crippen LogP contribution in [0.3, 0.4) is 0 Å². The molecular weight excluding hydrogens is 1030 g/mol. The number of nitrogens with zero attached hydrogens (tertiary/aromatic N) is 6. The molecule has 1 fully saturated rings. The average molecular weight is 1100 g/mol. The van der Waals surface area contributed by atoms with Gasteiger partial charge in [-0.2, -0.15) is 0 Å². The minimum absolute atomic E-state index is 0.0137. The minimum atomic E-state index is -0.629. The Bertz CT molecular complexity index is 2980. The number of benzene rings is 2. The molecule has 2 atom stereocenters. The molecule has 5 heterocycles. The molecule has 0 bridgehead atoms. The van der Waals surface area contributed by atoms with Gasteiger partial charge in [-0.05, 0) is 80.3 Å². The Hall–Kier alpha value is -8.11. The van der Waals surface area contributed by atoms with Gasteiger partial charge in [-0.1, -0.05) is 26.0 Å². The number of fused-ring (bicyclic) bond motifs is 2. The molecule has 426 valence electrons. The van der Waals surface area contributed by atoms with Crippen molar-refractivity contribution in [2.24, 2.45) is 30.9 Å². The van der Waals surface area contributed by atoms with Crippen molar-refractivity contribution in [3.63, 3.8) is 0 Å². The summed E-state index contributed by atoms with van der Waals surface area (Å²) in [4.78, 5) is 125. The highest BCUT2D eigenvalue weighted by Gasteiger charge is 2.32. The molecule has 3 N–H and O–H groups in total. The number of nitrogens with one attached hydrogen (secondary N) is 3. The van der Waals surface area contributed by atoms with Crippen molar-refractivity contribution < 1.29 is 62.1 Å². The van der Waals surface area contributed by atoms with E-state index in [9.17, 15) is 43.2 Å². The number of carbonyl (C=O) groups excluding carboxylic acids is 9. The first-order chi connectivity index (χ1) is 38.4. The van der Waals surface area contributed by atoms with E-state index in [2.05, 4.69) is 25.9 Å². The lowest BCUT2D eigenvalue weighted by molar-refractivity contribution is -0.152. The van der Waals surface area contributed by atoms with E-state index in [4.69, 9.17) is 18.9 Å². The lowest BCUT2D eigenvalue weighted by Gasteiger charge is -2.20. The van der Waals surface area contributed by atoms with Crippen molar-refractivity contribution in [2.75, 3.05) is 69.9 Å². The van der Waals surface area contributed by atoms with Crippen LogP contribution in [-0.2, 0) is 57.1 Å². The van der Waals surface area contributed by atoms with E-state index in [0.29, 0.717) is 54.3 Å². The van der Waals surface area contributed by atoms with E-state index in [1.54, 1.807) is 49.1 Å². The SMILES string of the molecule is Cc1cc2c(cc1OCCCC(=O)Nc1cn(C)c(C(=O)Nc3ccc(-c4cc(C(=O)NCCCOC(=O)[C@@H](CC(=O)CCOCCOCCCC(=O)CCN5C(=O)C=CC5=O)C(C)C)n(C)c4)cc3)n1)N=C[C@@H]1CCCN1C2=O. The number of imide groups is 1. The van der Waals surface area contributed by atoms with Crippen LogP contribution in [0.1, 0.15) is 115 Å². The van der Waals surface area contributed by atoms with Gasteiger partial charge in [0.05, 0.1) is 56.2 Å². The second-order valence-electron chi connectivity index (χ2n) is 20.3. The standard InChI is InChI=1S/C58H71N9O13/c1-37(2)45(32-44(69)20-27-78-29-28-77-24-7-11-43(68)19-23-67-52(71)17-18-53(67)72)58(76)80-26-9-21-59-55(73)48-31-40(35-64(48)4)39-13-15-41(16-14-39)61-56(74)54-63-50(36-65(54)5)62-51(70)12-8-25-79-49-33-47-46(30-38(49)3)57(75)66-22-6-10-42(66)34-60-47/h13-18,30-31,33-37,42,45H,6-12,19-29,32H2,1-5H3,(H,59,73)(H,61,74)(H,62,70)/t42-,45-/m0/s1. The van der Waals surface area contributed by atoms with E-state index >= 15 is 0 Å². The Morgan fingerprint density at radius 2 is 1.49 bits per heavy atom. The predicted octanol–water partition coefficient (Wildman–Crippen LogP) is 6.09. The summed E-state index contributed by atoms with van der Waals surface area (Å²) in [5, 5.41) is 8.46. The Kier molecular flexibility index (Phi) is 21.3. The molecule has 2 aromatic heterocycles. The Morgan fingerprint density at radius 3 is 2.24 bits per heavy atom. The van der Waals surface area contributed by atoms with Crippen LogP contribution in [0.2, 0.25) is 0 Å². The number of hydrogen-bond acceptors (Lipinski definition) is 15. The molecule has 2 aromatic carbocycles. The zero-order valence-electron chi connectivity index (χ0n) is 46.1. The van der Waals surface area contributed by atoms with Crippen molar-refractivity contribution in [1.82, 2.24) is 29.2 Å². The molecule has 0 aliphatic carbocycles. The number of ketones is 2. The summed E-state index contributed by atoms with van der Waals surface area (Å²) in [6.07, 6.45) is 11.4. The van der Waals surface area contributed by atoms with Crippen molar-refractivity contribution in [1.29, 1.82) is 0 Å². The number of imidazole rings is 1. The van der Waals surface area contributed by atoms with Crippen LogP contribution in [0.15, 0.2) is 72.0 Å². The summed E-state index contributed by atoms with van der Waals surface area (Å²) in [5.74, 6) is -2.46. The first kappa shape index (κ1) is 59.5. The van der Waals surface area contributed by atoms with E-state index in [1.165, 1.54) is 16.7 Å². The molecule has 0 unspecified atom stereocenters. The average Bonchev–Trinajstić information content (AvgIpc) is 4.24. The van der Waals surface area contributed by atoms with Crippen LogP contribution >= 0.6 is 0 Å². The van der Waals surface area contributed by atoms with Gasteiger partial charge in [0.1, 0.15) is 23.0 Å². The number of ether oxygens (including phenoxy) is 4. The number of esters is 1. The number of Topliss-reactive ketones (excluding diaryl/α,β-unsaturated/α-hetero) is 2. The summed E-state index contributed by atoms with van der Waals surface area (Å²) in [6.45, 7) is 7.97. The van der Waals surface area contributed by atoms with Gasteiger partial charge in [0, 0.05) is 121 Å². The van der Waals surface area contributed by atoms with Crippen LogP contribution in [0.25, 0.3) is 11.1 Å². The number of carbonyl (C=O) groups is 9. The van der Waals surface area contributed by atoms with E-state index in [-0.39, 0.29) is 131 Å². The minimum Gasteiger partial charge on any atom is -0.493 e. The number of anilines is 2. The number of aliphatic imine (C=N–C) groups is 1. The second-order valence-corrected chi connectivity index (χ2v) is 20.3. The summed E-state index contributed by atoms with van der Waals surface area (Å²) in [5.41, 5.74) is 4.45. The zero-order chi connectivity index (χ0) is 57.3. The van der Waals surface area contributed by atoms with Gasteiger partial charge in [0.2, 0.25) is 11.7 Å². The number of aromatic nitrogens is 3. The van der Waals surface area contributed by atoms with Crippen LogP contribution in [0, 0.1) is 18.8 Å². The molecule has 0 saturated carbocycles. The van der Waals surface area contributed by atoms with Gasteiger partial charge >= 0.3 is 5.97 Å².